The van der Waals surface area contributed by atoms with E-state index >= 15 is 0 Å². The van der Waals surface area contributed by atoms with Gasteiger partial charge in [-0.2, -0.15) is 0 Å². The molecular formula is C14H21N3O3. The summed E-state index contributed by atoms with van der Waals surface area (Å²) in [5.41, 5.74) is 6.55. The second-order valence-electron chi connectivity index (χ2n) is 4.99. The van der Waals surface area contributed by atoms with Gasteiger partial charge in [-0.3, -0.25) is 14.9 Å². The maximum Gasteiger partial charge on any atom is 0.269 e. The summed E-state index contributed by atoms with van der Waals surface area (Å²) in [6.45, 7) is 5.67. The third-order valence-corrected chi connectivity index (χ3v) is 3.50. The number of non-ortho nitro benzene ring substituents is 1. The number of nitrogens with one attached hydrogen (secondary N) is 1. The quantitative estimate of drug-likeness (QED) is 0.615. The molecule has 0 saturated carbocycles. The first-order chi connectivity index (χ1) is 9.36. The van der Waals surface area contributed by atoms with Gasteiger partial charge in [0.25, 0.3) is 5.69 Å². The maximum absolute atomic E-state index is 12.0. The normalized spacial score (nSPS) is 15.2. The number of rotatable bonds is 6. The first kappa shape index (κ1) is 16.1. The molecule has 0 aromatic heterocycles. The van der Waals surface area contributed by atoms with Gasteiger partial charge in [0.05, 0.1) is 17.0 Å². The first-order valence-electron chi connectivity index (χ1n) is 6.67. The molecule has 0 heterocycles. The molecule has 0 spiro atoms. The Bertz CT molecular complexity index is 490. The zero-order valence-corrected chi connectivity index (χ0v) is 12.0. The number of amides is 1. The lowest BCUT2D eigenvalue weighted by atomic mass is 9.98. The average molecular weight is 279 g/mol. The Morgan fingerprint density at radius 2 is 2.10 bits per heavy atom. The highest BCUT2D eigenvalue weighted by atomic mass is 16.6. The second-order valence-corrected chi connectivity index (χ2v) is 4.99. The van der Waals surface area contributed by atoms with Gasteiger partial charge in [-0.1, -0.05) is 32.4 Å². The number of carbonyl (C=O) groups excluding carboxylic acids is 1. The molecule has 110 valence electrons. The average Bonchev–Trinajstić information content (AvgIpc) is 2.45. The molecule has 0 saturated heterocycles. The second kappa shape index (κ2) is 7.00. The number of nitrogens with zero attached hydrogens (tertiary/aromatic N) is 1. The lowest BCUT2D eigenvalue weighted by Crippen LogP contribution is -2.45. The molecule has 6 nitrogen and oxygen atoms in total. The van der Waals surface area contributed by atoms with E-state index in [2.05, 4.69) is 5.32 Å². The molecule has 0 bridgehead atoms. The van der Waals surface area contributed by atoms with Gasteiger partial charge in [0.2, 0.25) is 5.91 Å². The maximum atomic E-state index is 12.0. The highest BCUT2D eigenvalue weighted by Gasteiger charge is 2.21. The fourth-order valence-electron chi connectivity index (χ4n) is 1.81. The van der Waals surface area contributed by atoms with Crippen LogP contribution < -0.4 is 11.1 Å². The van der Waals surface area contributed by atoms with E-state index in [1.54, 1.807) is 19.1 Å². The highest BCUT2D eigenvalue weighted by molar-refractivity contribution is 5.82. The summed E-state index contributed by atoms with van der Waals surface area (Å²) in [7, 11) is 0. The van der Waals surface area contributed by atoms with Gasteiger partial charge in [-0.25, -0.2) is 0 Å². The minimum Gasteiger partial charge on any atom is -0.348 e. The van der Waals surface area contributed by atoms with Crippen LogP contribution in [0.25, 0.3) is 0 Å². The van der Waals surface area contributed by atoms with E-state index in [4.69, 9.17) is 5.73 Å². The van der Waals surface area contributed by atoms with Crippen molar-refractivity contribution in [1.82, 2.24) is 5.32 Å². The predicted molar refractivity (Wildman–Crippen MR) is 77.1 cm³/mol. The van der Waals surface area contributed by atoms with Crippen LogP contribution in [0.3, 0.4) is 0 Å². The van der Waals surface area contributed by atoms with Crippen LogP contribution in [-0.4, -0.2) is 16.9 Å². The van der Waals surface area contributed by atoms with Crippen molar-refractivity contribution in [3.05, 3.63) is 39.9 Å². The molecule has 20 heavy (non-hydrogen) atoms. The van der Waals surface area contributed by atoms with E-state index < -0.39 is 11.0 Å². The largest absolute Gasteiger partial charge is 0.348 e. The third kappa shape index (κ3) is 4.03. The van der Waals surface area contributed by atoms with Crippen molar-refractivity contribution in [2.45, 2.75) is 39.3 Å². The van der Waals surface area contributed by atoms with Crippen molar-refractivity contribution >= 4 is 11.6 Å². The summed E-state index contributed by atoms with van der Waals surface area (Å²) < 4.78 is 0. The molecule has 0 aliphatic rings. The van der Waals surface area contributed by atoms with Crippen molar-refractivity contribution in [3.63, 3.8) is 0 Å². The first-order valence-corrected chi connectivity index (χ1v) is 6.67. The number of nitro groups is 1. The summed E-state index contributed by atoms with van der Waals surface area (Å²) in [4.78, 5) is 22.3. The number of carbonyl (C=O) groups is 1. The third-order valence-electron chi connectivity index (χ3n) is 3.50. The van der Waals surface area contributed by atoms with Crippen LogP contribution in [0.5, 0.6) is 0 Å². The Morgan fingerprint density at radius 1 is 1.45 bits per heavy atom. The Labute approximate surface area is 118 Å². The van der Waals surface area contributed by atoms with Crippen molar-refractivity contribution in [1.29, 1.82) is 0 Å². The minimum atomic E-state index is -0.568. The molecule has 3 unspecified atom stereocenters. The molecule has 1 aromatic rings. The van der Waals surface area contributed by atoms with Gasteiger partial charge < -0.3 is 11.1 Å². The van der Waals surface area contributed by atoms with Crippen molar-refractivity contribution in [3.8, 4) is 0 Å². The SMILES string of the molecule is CCC(C)C(N)C(=O)NC(C)c1cccc([N+](=O)[O-])c1. The summed E-state index contributed by atoms with van der Waals surface area (Å²) in [5, 5.41) is 13.5. The number of nitrogens with two attached hydrogens (primary N) is 1. The van der Waals surface area contributed by atoms with Crippen molar-refractivity contribution < 1.29 is 9.72 Å². The van der Waals surface area contributed by atoms with Gasteiger partial charge >= 0.3 is 0 Å². The predicted octanol–water partition coefficient (Wildman–Crippen LogP) is 2.15. The molecule has 3 N–H and O–H groups in total. The Kier molecular flexibility index (Phi) is 5.64. The van der Waals surface area contributed by atoms with Gasteiger partial charge in [0.15, 0.2) is 0 Å². The Morgan fingerprint density at radius 3 is 2.65 bits per heavy atom. The van der Waals surface area contributed by atoms with E-state index in [1.165, 1.54) is 12.1 Å². The van der Waals surface area contributed by atoms with Gasteiger partial charge in [-0.15, -0.1) is 0 Å². The number of hydrogen-bond acceptors (Lipinski definition) is 4. The molecule has 0 radical (unpaired) electrons. The smallest absolute Gasteiger partial charge is 0.269 e. The molecule has 0 aliphatic carbocycles. The molecular weight excluding hydrogens is 258 g/mol. The van der Waals surface area contributed by atoms with Crippen LogP contribution in [0, 0.1) is 16.0 Å². The van der Waals surface area contributed by atoms with Crippen LogP contribution >= 0.6 is 0 Å². The highest BCUT2D eigenvalue weighted by Crippen LogP contribution is 2.19. The molecule has 1 amide bonds. The van der Waals surface area contributed by atoms with E-state index in [1.807, 2.05) is 13.8 Å². The van der Waals surface area contributed by atoms with Crippen molar-refractivity contribution in [2.75, 3.05) is 0 Å². The molecule has 6 heteroatoms. The van der Waals surface area contributed by atoms with E-state index in [0.29, 0.717) is 5.56 Å². The minimum absolute atomic E-state index is 0.00910. The fraction of sp³-hybridized carbons (Fsp3) is 0.500. The number of benzene rings is 1. The lowest BCUT2D eigenvalue weighted by molar-refractivity contribution is -0.384. The van der Waals surface area contributed by atoms with Gasteiger partial charge in [-0.05, 0) is 18.4 Å². The topological polar surface area (TPSA) is 98.3 Å². The molecule has 1 aromatic carbocycles. The standard InChI is InChI=1S/C14H21N3O3/c1-4-9(2)13(15)14(18)16-10(3)11-6-5-7-12(8-11)17(19)20/h5-10,13H,4,15H2,1-3H3,(H,16,18). The van der Waals surface area contributed by atoms with Crippen LogP contribution in [0.4, 0.5) is 5.69 Å². The van der Waals surface area contributed by atoms with E-state index in [9.17, 15) is 14.9 Å². The zero-order chi connectivity index (χ0) is 15.3. The monoisotopic (exact) mass is 279 g/mol. The summed E-state index contributed by atoms with van der Waals surface area (Å²) in [6, 6.07) is 5.33. The number of nitro benzene ring substituents is 1. The summed E-state index contributed by atoms with van der Waals surface area (Å²) >= 11 is 0. The Balaban J connectivity index is 2.76. The Hall–Kier alpha value is -1.95. The lowest BCUT2D eigenvalue weighted by Gasteiger charge is -2.21. The fourth-order valence-corrected chi connectivity index (χ4v) is 1.81. The summed E-state index contributed by atoms with van der Waals surface area (Å²) in [5.74, 6) is -0.148. The van der Waals surface area contributed by atoms with Gasteiger partial charge in [0.1, 0.15) is 0 Å². The molecule has 0 fully saturated rings. The summed E-state index contributed by atoms with van der Waals surface area (Å²) in [6.07, 6.45) is 0.819. The van der Waals surface area contributed by atoms with Crippen molar-refractivity contribution in [2.24, 2.45) is 11.7 Å². The molecule has 1 rings (SSSR count). The van der Waals surface area contributed by atoms with E-state index in [0.717, 1.165) is 6.42 Å². The van der Waals surface area contributed by atoms with Crippen LogP contribution in [0.2, 0.25) is 0 Å². The molecule has 3 atom stereocenters. The van der Waals surface area contributed by atoms with Gasteiger partial charge in [0, 0.05) is 12.1 Å². The molecule has 0 aliphatic heterocycles. The van der Waals surface area contributed by atoms with Crippen LogP contribution in [0.15, 0.2) is 24.3 Å². The van der Waals surface area contributed by atoms with Crippen LogP contribution in [-0.2, 0) is 4.79 Å². The van der Waals surface area contributed by atoms with Crippen LogP contribution in [0.1, 0.15) is 38.8 Å². The van der Waals surface area contributed by atoms with E-state index in [-0.39, 0.29) is 23.6 Å². The zero-order valence-electron chi connectivity index (χ0n) is 12.0. The number of hydrogen-bond donors (Lipinski definition) is 2.